The fourth-order valence-electron chi connectivity index (χ4n) is 1.83. The third-order valence-corrected chi connectivity index (χ3v) is 4.25. The summed E-state index contributed by atoms with van der Waals surface area (Å²) in [4.78, 5) is 16.1. The number of halogens is 4. The second kappa shape index (κ2) is 7.16. The zero-order valence-corrected chi connectivity index (χ0v) is 13.0. The number of amides is 1. The van der Waals surface area contributed by atoms with Gasteiger partial charge in [-0.2, -0.15) is 13.2 Å². The van der Waals surface area contributed by atoms with Gasteiger partial charge in [0.15, 0.2) is 0 Å². The van der Waals surface area contributed by atoms with Crippen LogP contribution < -0.4 is 5.32 Å². The molecule has 0 radical (unpaired) electrons. The van der Waals surface area contributed by atoms with Crippen molar-refractivity contribution in [2.24, 2.45) is 4.99 Å². The minimum absolute atomic E-state index is 0.212. The molecule has 1 heterocycles. The summed E-state index contributed by atoms with van der Waals surface area (Å²) in [5.74, 6) is -0.471. The molecule has 1 unspecified atom stereocenters. The molecule has 0 fully saturated rings. The highest BCUT2D eigenvalue weighted by Gasteiger charge is 2.30. The van der Waals surface area contributed by atoms with Crippen LogP contribution in [-0.4, -0.2) is 35.5 Å². The number of carbonyl (C=O) groups excluding carboxylic acids is 1. The van der Waals surface area contributed by atoms with E-state index < -0.39 is 29.5 Å². The van der Waals surface area contributed by atoms with Gasteiger partial charge in [-0.1, -0.05) is 18.2 Å². The molecule has 1 aromatic rings. The Morgan fingerprint density at radius 3 is 2.87 bits per heavy atom. The Morgan fingerprint density at radius 1 is 1.48 bits per heavy atom. The van der Waals surface area contributed by atoms with Gasteiger partial charge < -0.3 is 5.32 Å². The Kier molecular flexibility index (Phi) is 5.46. The largest absolute Gasteiger partial charge is 0.412 e. The van der Waals surface area contributed by atoms with Crippen molar-refractivity contribution in [1.82, 2.24) is 5.32 Å². The first-order valence-corrected chi connectivity index (χ1v) is 7.74. The summed E-state index contributed by atoms with van der Waals surface area (Å²) in [6.45, 7) is 0.730. The predicted molar refractivity (Wildman–Crippen MR) is 82.0 cm³/mol. The Morgan fingerprint density at radius 2 is 2.22 bits per heavy atom. The van der Waals surface area contributed by atoms with Crippen LogP contribution in [0, 0.1) is 5.82 Å². The molecule has 1 aliphatic heterocycles. The van der Waals surface area contributed by atoms with Crippen molar-refractivity contribution in [3.63, 3.8) is 0 Å². The van der Waals surface area contributed by atoms with Crippen molar-refractivity contribution in [1.29, 1.82) is 0 Å². The molecule has 0 aromatic heterocycles. The van der Waals surface area contributed by atoms with Crippen LogP contribution in [0.1, 0.15) is 12.5 Å². The summed E-state index contributed by atoms with van der Waals surface area (Å²) in [5.41, 5.74) is -0.180. The molecule has 1 aliphatic rings. The summed E-state index contributed by atoms with van der Waals surface area (Å²) in [5, 5.41) is 2.95. The Hall–Kier alpha value is -1.83. The van der Waals surface area contributed by atoms with E-state index in [1.54, 1.807) is 12.1 Å². The number of benzene rings is 1. The standard InChI is InChI=1S/C15H14F4N2OS/c1-9(15(17,18)19)5-6-20-13(22)12-8-23-14(21-12)10-3-2-4-11(16)7-10/h2-5,7,12H,6,8H2,1H3,(H,20,22)/b9-5+. The Labute approximate surface area is 134 Å². The van der Waals surface area contributed by atoms with Crippen LogP contribution in [0.4, 0.5) is 17.6 Å². The number of hydrogen-bond donors (Lipinski definition) is 1. The number of hydrogen-bond acceptors (Lipinski definition) is 3. The highest BCUT2D eigenvalue weighted by Crippen LogP contribution is 2.25. The molecule has 0 saturated carbocycles. The van der Waals surface area contributed by atoms with Crippen molar-refractivity contribution in [3.8, 4) is 0 Å². The highest BCUT2D eigenvalue weighted by molar-refractivity contribution is 8.14. The minimum Gasteiger partial charge on any atom is -0.351 e. The van der Waals surface area contributed by atoms with Crippen LogP contribution >= 0.6 is 11.8 Å². The SMILES string of the molecule is C/C(=C\CNC(=O)C1CSC(c2cccc(F)c2)=N1)C(F)(F)F. The van der Waals surface area contributed by atoms with Crippen LogP contribution in [0.3, 0.4) is 0 Å². The summed E-state index contributed by atoms with van der Waals surface area (Å²) in [6, 6.07) is 5.18. The Bertz CT molecular complexity index is 655. The van der Waals surface area contributed by atoms with Crippen molar-refractivity contribution < 1.29 is 22.4 Å². The second-order valence-corrected chi connectivity index (χ2v) is 5.91. The number of aliphatic imine (C=N–C) groups is 1. The lowest BCUT2D eigenvalue weighted by Gasteiger charge is -2.08. The maximum absolute atomic E-state index is 13.2. The lowest BCUT2D eigenvalue weighted by molar-refractivity contribution is -0.121. The van der Waals surface area contributed by atoms with Gasteiger partial charge in [0.25, 0.3) is 0 Å². The van der Waals surface area contributed by atoms with Crippen molar-refractivity contribution in [2.45, 2.75) is 19.1 Å². The number of alkyl halides is 3. The third kappa shape index (κ3) is 4.82. The first kappa shape index (κ1) is 17.5. The summed E-state index contributed by atoms with van der Waals surface area (Å²) >= 11 is 1.31. The van der Waals surface area contributed by atoms with Crippen molar-refractivity contribution in [2.75, 3.05) is 12.3 Å². The molecule has 3 nitrogen and oxygen atoms in total. The fraction of sp³-hybridized carbons (Fsp3) is 0.333. The quantitative estimate of drug-likeness (QED) is 0.671. The maximum atomic E-state index is 13.2. The fourth-order valence-corrected chi connectivity index (χ4v) is 2.86. The molecule has 1 amide bonds. The molecule has 0 bridgehead atoms. The monoisotopic (exact) mass is 346 g/mol. The van der Waals surface area contributed by atoms with E-state index in [1.165, 1.54) is 23.9 Å². The van der Waals surface area contributed by atoms with Crippen molar-refractivity contribution in [3.05, 3.63) is 47.3 Å². The molecule has 1 atom stereocenters. The number of rotatable bonds is 4. The molecular weight excluding hydrogens is 332 g/mol. The predicted octanol–water partition coefficient (Wildman–Crippen LogP) is 3.31. The number of thioether (sulfide) groups is 1. The van der Waals surface area contributed by atoms with Crippen LogP contribution in [0.15, 0.2) is 40.9 Å². The number of carbonyl (C=O) groups is 1. The summed E-state index contributed by atoms with van der Waals surface area (Å²) < 4.78 is 50.1. The molecule has 2 rings (SSSR count). The van der Waals surface area contributed by atoms with Crippen LogP contribution in [0.25, 0.3) is 0 Å². The van der Waals surface area contributed by atoms with Crippen LogP contribution in [-0.2, 0) is 4.79 Å². The van der Waals surface area contributed by atoms with E-state index in [4.69, 9.17) is 0 Å². The van der Waals surface area contributed by atoms with Gasteiger partial charge in [0.2, 0.25) is 5.91 Å². The molecule has 0 spiro atoms. The van der Waals surface area contributed by atoms with Gasteiger partial charge in [-0.15, -0.1) is 11.8 Å². The number of nitrogens with zero attached hydrogens (tertiary/aromatic N) is 1. The molecule has 0 aliphatic carbocycles. The third-order valence-electron chi connectivity index (χ3n) is 3.16. The van der Waals surface area contributed by atoms with Crippen LogP contribution in [0.2, 0.25) is 0 Å². The number of allylic oxidation sites excluding steroid dienone is 1. The first-order valence-electron chi connectivity index (χ1n) is 6.75. The zero-order valence-electron chi connectivity index (χ0n) is 12.2. The molecule has 23 heavy (non-hydrogen) atoms. The first-order chi connectivity index (χ1) is 10.8. The van der Waals surface area contributed by atoms with Gasteiger partial charge in [0.1, 0.15) is 11.9 Å². The number of nitrogens with one attached hydrogen (secondary N) is 1. The lowest BCUT2D eigenvalue weighted by atomic mass is 10.2. The lowest BCUT2D eigenvalue weighted by Crippen LogP contribution is -2.34. The van der Waals surface area contributed by atoms with E-state index in [0.717, 1.165) is 13.0 Å². The topological polar surface area (TPSA) is 41.5 Å². The normalized spacial score (nSPS) is 18.7. The van der Waals surface area contributed by atoms with E-state index in [0.29, 0.717) is 16.4 Å². The molecule has 8 heteroatoms. The van der Waals surface area contributed by atoms with Gasteiger partial charge in [-0.05, 0) is 19.1 Å². The van der Waals surface area contributed by atoms with E-state index in [2.05, 4.69) is 10.3 Å². The summed E-state index contributed by atoms with van der Waals surface area (Å²) in [7, 11) is 0. The molecule has 0 saturated heterocycles. The van der Waals surface area contributed by atoms with Crippen LogP contribution in [0.5, 0.6) is 0 Å². The van der Waals surface area contributed by atoms with E-state index in [-0.39, 0.29) is 6.54 Å². The highest BCUT2D eigenvalue weighted by atomic mass is 32.2. The minimum atomic E-state index is -4.39. The van der Waals surface area contributed by atoms with E-state index in [9.17, 15) is 22.4 Å². The van der Waals surface area contributed by atoms with Gasteiger partial charge in [-0.25, -0.2) is 4.39 Å². The van der Waals surface area contributed by atoms with Crippen molar-refractivity contribution >= 4 is 22.7 Å². The van der Waals surface area contributed by atoms with Gasteiger partial charge in [0, 0.05) is 23.4 Å². The molecule has 124 valence electrons. The maximum Gasteiger partial charge on any atom is 0.412 e. The van der Waals surface area contributed by atoms with E-state index >= 15 is 0 Å². The molecule has 1 N–H and O–H groups in total. The Balaban J connectivity index is 1.94. The van der Waals surface area contributed by atoms with Gasteiger partial charge in [-0.3, -0.25) is 9.79 Å². The summed E-state index contributed by atoms with van der Waals surface area (Å²) in [6.07, 6.45) is -3.48. The molecule has 1 aromatic carbocycles. The van der Waals surface area contributed by atoms with Gasteiger partial charge >= 0.3 is 6.18 Å². The average molecular weight is 346 g/mol. The van der Waals surface area contributed by atoms with Gasteiger partial charge in [0.05, 0.1) is 5.04 Å². The van der Waals surface area contributed by atoms with E-state index in [1.807, 2.05) is 0 Å². The average Bonchev–Trinajstić information content (AvgIpc) is 2.96. The zero-order chi connectivity index (χ0) is 17.0. The smallest absolute Gasteiger partial charge is 0.351 e. The second-order valence-electron chi connectivity index (χ2n) is 4.90. The molecular formula is C15H14F4N2OS.